The Morgan fingerprint density at radius 3 is 2.16 bits per heavy atom. The highest BCUT2D eigenvalue weighted by molar-refractivity contribution is 7.80. The SMILES string of the molecule is CCC(NC(=S)NC1CCCCC1)C1CCCCC1. The Hall–Kier alpha value is -0.310. The average molecular weight is 282 g/mol. The molecule has 110 valence electrons. The molecule has 2 rings (SSSR count). The molecule has 0 aromatic heterocycles. The summed E-state index contributed by atoms with van der Waals surface area (Å²) >= 11 is 5.52. The van der Waals surface area contributed by atoms with Crippen LogP contribution in [0.1, 0.15) is 77.6 Å². The van der Waals surface area contributed by atoms with Gasteiger partial charge in [0, 0.05) is 12.1 Å². The molecule has 2 aliphatic rings. The zero-order valence-corrected chi connectivity index (χ0v) is 13.2. The monoisotopic (exact) mass is 282 g/mol. The summed E-state index contributed by atoms with van der Waals surface area (Å²) in [5.41, 5.74) is 0. The van der Waals surface area contributed by atoms with Crippen molar-refractivity contribution in [2.24, 2.45) is 5.92 Å². The molecule has 0 heterocycles. The van der Waals surface area contributed by atoms with Gasteiger partial charge in [0.2, 0.25) is 0 Å². The Bertz CT molecular complexity index is 268. The molecule has 2 nitrogen and oxygen atoms in total. The van der Waals surface area contributed by atoms with Crippen LogP contribution in [0.2, 0.25) is 0 Å². The van der Waals surface area contributed by atoms with Gasteiger partial charge in [0.05, 0.1) is 0 Å². The molecular formula is C16H30N2S. The smallest absolute Gasteiger partial charge is 0.166 e. The van der Waals surface area contributed by atoms with E-state index in [1.165, 1.54) is 70.6 Å². The van der Waals surface area contributed by atoms with Crippen LogP contribution in [-0.4, -0.2) is 17.2 Å². The van der Waals surface area contributed by atoms with Gasteiger partial charge < -0.3 is 10.6 Å². The van der Waals surface area contributed by atoms with Crippen molar-refractivity contribution < 1.29 is 0 Å². The first kappa shape index (κ1) is 15.1. The Labute approximate surface area is 124 Å². The average Bonchev–Trinajstić information content (AvgIpc) is 2.47. The van der Waals surface area contributed by atoms with E-state index in [0.717, 1.165) is 11.0 Å². The number of thiocarbonyl (C=S) groups is 1. The second-order valence-electron chi connectivity index (χ2n) is 6.37. The maximum absolute atomic E-state index is 5.52. The number of hydrogen-bond donors (Lipinski definition) is 2. The largest absolute Gasteiger partial charge is 0.360 e. The normalized spacial score (nSPS) is 23.8. The fourth-order valence-corrected chi connectivity index (χ4v) is 4.05. The van der Waals surface area contributed by atoms with Crippen molar-refractivity contribution in [2.45, 2.75) is 89.6 Å². The molecule has 0 amide bonds. The molecule has 2 fully saturated rings. The van der Waals surface area contributed by atoms with Crippen LogP contribution in [0.3, 0.4) is 0 Å². The summed E-state index contributed by atoms with van der Waals surface area (Å²) in [6.07, 6.45) is 14.9. The van der Waals surface area contributed by atoms with Gasteiger partial charge in [0.1, 0.15) is 0 Å². The zero-order chi connectivity index (χ0) is 13.5. The van der Waals surface area contributed by atoms with Crippen molar-refractivity contribution in [1.29, 1.82) is 0 Å². The third-order valence-electron chi connectivity index (χ3n) is 4.92. The molecule has 0 aliphatic heterocycles. The van der Waals surface area contributed by atoms with Crippen molar-refractivity contribution in [3.63, 3.8) is 0 Å². The summed E-state index contributed by atoms with van der Waals surface area (Å²) in [7, 11) is 0. The van der Waals surface area contributed by atoms with Gasteiger partial charge in [-0.1, -0.05) is 45.4 Å². The minimum absolute atomic E-state index is 0.587. The van der Waals surface area contributed by atoms with Gasteiger partial charge in [-0.3, -0.25) is 0 Å². The van der Waals surface area contributed by atoms with E-state index in [4.69, 9.17) is 12.2 Å². The van der Waals surface area contributed by atoms with E-state index in [-0.39, 0.29) is 0 Å². The lowest BCUT2D eigenvalue weighted by Crippen LogP contribution is -2.49. The van der Waals surface area contributed by atoms with Gasteiger partial charge in [0.15, 0.2) is 5.11 Å². The van der Waals surface area contributed by atoms with E-state index in [1.807, 2.05) is 0 Å². The van der Waals surface area contributed by atoms with Gasteiger partial charge in [-0.05, 0) is 50.2 Å². The lowest BCUT2D eigenvalue weighted by molar-refractivity contribution is 0.282. The molecule has 19 heavy (non-hydrogen) atoms. The maximum atomic E-state index is 5.52. The van der Waals surface area contributed by atoms with Crippen LogP contribution in [-0.2, 0) is 0 Å². The highest BCUT2D eigenvalue weighted by Crippen LogP contribution is 2.27. The molecule has 1 unspecified atom stereocenters. The molecule has 2 N–H and O–H groups in total. The van der Waals surface area contributed by atoms with E-state index in [1.54, 1.807) is 0 Å². The van der Waals surface area contributed by atoms with E-state index in [2.05, 4.69) is 17.6 Å². The van der Waals surface area contributed by atoms with Crippen LogP contribution < -0.4 is 10.6 Å². The molecule has 0 radical (unpaired) electrons. The summed E-state index contributed by atoms with van der Waals surface area (Å²) < 4.78 is 0. The van der Waals surface area contributed by atoms with Crippen LogP contribution in [0, 0.1) is 5.92 Å². The first-order valence-corrected chi connectivity index (χ1v) is 8.77. The maximum Gasteiger partial charge on any atom is 0.166 e. The van der Waals surface area contributed by atoms with Crippen molar-refractivity contribution in [1.82, 2.24) is 10.6 Å². The lowest BCUT2D eigenvalue weighted by atomic mass is 9.83. The van der Waals surface area contributed by atoms with Crippen molar-refractivity contribution in [3.05, 3.63) is 0 Å². The van der Waals surface area contributed by atoms with Crippen molar-refractivity contribution in [3.8, 4) is 0 Å². The molecular weight excluding hydrogens is 252 g/mol. The first-order chi connectivity index (χ1) is 9.29. The fraction of sp³-hybridized carbons (Fsp3) is 0.938. The van der Waals surface area contributed by atoms with Gasteiger partial charge in [0.25, 0.3) is 0 Å². The molecule has 2 saturated carbocycles. The molecule has 0 aromatic carbocycles. The molecule has 0 aromatic rings. The second kappa shape index (κ2) is 8.08. The summed E-state index contributed by atoms with van der Waals surface area (Å²) in [6, 6.07) is 1.21. The van der Waals surface area contributed by atoms with Crippen LogP contribution >= 0.6 is 12.2 Å². The molecule has 0 saturated heterocycles. The van der Waals surface area contributed by atoms with Crippen molar-refractivity contribution in [2.75, 3.05) is 0 Å². The minimum Gasteiger partial charge on any atom is -0.360 e. The summed E-state index contributed by atoms with van der Waals surface area (Å²) in [6.45, 7) is 2.29. The Morgan fingerprint density at radius 1 is 1.00 bits per heavy atom. The highest BCUT2D eigenvalue weighted by Gasteiger charge is 2.23. The molecule has 0 spiro atoms. The van der Waals surface area contributed by atoms with Crippen LogP contribution in [0.25, 0.3) is 0 Å². The number of hydrogen-bond acceptors (Lipinski definition) is 1. The van der Waals surface area contributed by atoms with E-state index in [9.17, 15) is 0 Å². The Balaban J connectivity index is 1.74. The molecule has 0 bridgehead atoms. The number of rotatable bonds is 4. The third kappa shape index (κ3) is 4.94. The van der Waals surface area contributed by atoms with Crippen LogP contribution in [0.15, 0.2) is 0 Å². The quantitative estimate of drug-likeness (QED) is 0.758. The number of nitrogens with one attached hydrogen (secondary N) is 2. The van der Waals surface area contributed by atoms with E-state index >= 15 is 0 Å². The van der Waals surface area contributed by atoms with E-state index < -0.39 is 0 Å². The summed E-state index contributed by atoms with van der Waals surface area (Å²) in [5.74, 6) is 0.838. The molecule has 2 aliphatic carbocycles. The minimum atomic E-state index is 0.587. The molecule has 3 heteroatoms. The predicted molar refractivity (Wildman–Crippen MR) is 86.4 cm³/mol. The Morgan fingerprint density at radius 2 is 1.58 bits per heavy atom. The first-order valence-electron chi connectivity index (χ1n) is 8.36. The lowest BCUT2D eigenvalue weighted by Gasteiger charge is -2.32. The standard InChI is InChI=1S/C16H30N2S/c1-2-15(13-9-5-3-6-10-13)18-16(19)17-14-11-7-4-8-12-14/h13-15H,2-12H2,1H3,(H2,17,18,19). The van der Waals surface area contributed by atoms with Crippen molar-refractivity contribution >= 4 is 17.3 Å². The second-order valence-corrected chi connectivity index (χ2v) is 6.77. The summed E-state index contributed by atoms with van der Waals surface area (Å²) in [5, 5.41) is 8.05. The predicted octanol–water partition coefficient (Wildman–Crippen LogP) is 4.14. The van der Waals surface area contributed by atoms with Gasteiger partial charge in [-0.15, -0.1) is 0 Å². The van der Waals surface area contributed by atoms with Gasteiger partial charge >= 0.3 is 0 Å². The third-order valence-corrected chi connectivity index (χ3v) is 5.15. The topological polar surface area (TPSA) is 24.1 Å². The summed E-state index contributed by atoms with van der Waals surface area (Å²) in [4.78, 5) is 0. The molecule has 1 atom stereocenters. The Kier molecular flexibility index (Phi) is 6.42. The van der Waals surface area contributed by atoms with E-state index in [0.29, 0.717) is 12.1 Å². The fourth-order valence-electron chi connectivity index (χ4n) is 3.73. The van der Waals surface area contributed by atoms with Crippen LogP contribution in [0.5, 0.6) is 0 Å². The van der Waals surface area contributed by atoms with Crippen LogP contribution in [0.4, 0.5) is 0 Å². The zero-order valence-electron chi connectivity index (χ0n) is 12.4. The highest BCUT2D eigenvalue weighted by atomic mass is 32.1. The van der Waals surface area contributed by atoms with Gasteiger partial charge in [-0.2, -0.15) is 0 Å². The van der Waals surface area contributed by atoms with Gasteiger partial charge in [-0.25, -0.2) is 0 Å².